The summed E-state index contributed by atoms with van der Waals surface area (Å²) in [6.07, 6.45) is 6.72. The smallest absolute Gasteiger partial charge is 0.237 e. The van der Waals surface area contributed by atoms with E-state index in [0.29, 0.717) is 12.5 Å². The molecule has 1 amide bonds. The molecule has 1 aromatic rings. The molecule has 6 heteroatoms. The number of hydrogen-bond donors (Lipinski definition) is 1. The van der Waals surface area contributed by atoms with Crippen LogP contribution in [0.25, 0.3) is 0 Å². The van der Waals surface area contributed by atoms with Gasteiger partial charge in [-0.15, -0.1) is 10.2 Å². The number of likely N-dealkylation sites (tertiary alicyclic amines) is 1. The number of carbonyl (C=O) groups is 1. The average Bonchev–Trinajstić information content (AvgIpc) is 2.80. The predicted molar refractivity (Wildman–Crippen MR) is 86.6 cm³/mol. The first kappa shape index (κ1) is 16.9. The maximum absolute atomic E-state index is 12.3. The van der Waals surface area contributed by atoms with E-state index in [-0.39, 0.29) is 11.9 Å². The third kappa shape index (κ3) is 4.53. The fourth-order valence-corrected chi connectivity index (χ4v) is 2.98. The summed E-state index contributed by atoms with van der Waals surface area (Å²) in [6.45, 7) is 9.63. The van der Waals surface area contributed by atoms with E-state index >= 15 is 0 Å². The van der Waals surface area contributed by atoms with Gasteiger partial charge in [0.1, 0.15) is 12.2 Å². The minimum Gasteiger partial charge on any atom is -0.353 e. The van der Waals surface area contributed by atoms with Crippen LogP contribution in [0.2, 0.25) is 0 Å². The Bertz CT molecular complexity index is 463. The van der Waals surface area contributed by atoms with Crippen molar-refractivity contribution in [2.75, 3.05) is 19.6 Å². The Morgan fingerprint density at radius 3 is 2.55 bits per heavy atom. The zero-order valence-corrected chi connectivity index (χ0v) is 14.1. The van der Waals surface area contributed by atoms with Crippen molar-refractivity contribution in [3.63, 3.8) is 0 Å². The molecular weight excluding hydrogens is 278 g/mol. The van der Waals surface area contributed by atoms with E-state index < -0.39 is 0 Å². The summed E-state index contributed by atoms with van der Waals surface area (Å²) >= 11 is 0. The third-order valence-corrected chi connectivity index (χ3v) is 4.38. The number of nitrogens with one attached hydrogen (secondary N) is 1. The van der Waals surface area contributed by atoms with E-state index in [1.165, 1.54) is 25.7 Å². The molecule has 0 saturated carbocycles. The molecule has 6 nitrogen and oxygen atoms in total. The van der Waals surface area contributed by atoms with Crippen molar-refractivity contribution in [2.45, 2.75) is 65.0 Å². The van der Waals surface area contributed by atoms with Crippen molar-refractivity contribution < 1.29 is 4.79 Å². The summed E-state index contributed by atoms with van der Waals surface area (Å²) in [5.74, 6) is 1.44. The Balaban J connectivity index is 1.78. The Morgan fingerprint density at radius 1 is 1.23 bits per heavy atom. The standard InChI is InChI=1S/C16H29N5O/c1-13(2)15-19-18-12-21(15)11-8-17-16(22)14(3)20-9-6-4-5-7-10-20/h12-14H,4-11H2,1-3H3,(H,17,22). The van der Waals surface area contributed by atoms with Crippen LogP contribution < -0.4 is 5.32 Å². The molecule has 2 heterocycles. The number of rotatable bonds is 6. The van der Waals surface area contributed by atoms with E-state index in [0.717, 1.165) is 25.5 Å². The van der Waals surface area contributed by atoms with Gasteiger partial charge in [-0.3, -0.25) is 9.69 Å². The van der Waals surface area contributed by atoms with Gasteiger partial charge in [0.2, 0.25) is 5.91 Å². The molecule has 22 heavy (non-hydrogen) atoms. The second kappa shape index (κ2) is 8.27. The molecule has 0 aliphatic carbocycles. The first-order chi connectivity index (χ1) is 10.6. The number of amides is 1. The molecule has 1 aliphatic heterocycles. The Kier molecular flexibility index (Phi) is 6.36. The lowest BCUT2D eigenvalue weighted by Crippen LogP contribution is -2.46. The largest absolute Gasteiger partial charge is 0.353 e. The van der Waals surface area contributed by atoms with Crippen LogP contribution in [0.3, 0.4) is 0 Å². The van der Waals surface area contributed by atoms with Gasteiger partial charge in [0.05, 0.1) is 6.04 Å². The van der Waals surface area contributed by atoms with Gasteiger partial charge in [-0.1, -0.05) is 26.7 Å². The number of hydrogen-bond acceptors (Lipinski definition) is 4. The van der Waals surface area contributed by atoms with Crippen LogP contribution in [-0.2, 0) is 11.3 Å². The highest BCUT2D eigenvalue weighted by Crippen LogP contribution is 2.12. The molecule has 1 aromatic heterocycles. The van der Waals surface area contributed by atoms with Crippen LogP contribution in [0.4, 0.5) is 0 Å². The van der Waals surface area contributed by atoms with Crippen molar-refractivity contribution in [2.24, 2.45) is 0 Å². The molecule has 124 valence electrons. The Hall–Kier alpha value is -1.43. The summed E-state index contributed by atoms with van der Waals surface area (Å²) in [6, 6.07) is -0.0384. The van der Waals surface area contributed by atoms with Crippen molar-refractivity contribution in [1.29, 1.82) is 0 Å². The first-order valence-corrected chi connectivity index (χ1v) is 8.49. The predicted octanol–water partition coefficient (Wildman–Crippen LogP) is 1.78. The minimum atomic E-state index is -0.0384. The van der Waals surface area contributed by atoms with E-state index in [2.05, 4.69) is 34.3 Å². The molecule has 1 unspecified atom stereocenters. The Labute approximate surface area is 133 Å². The lowest BCUT2D eigenvalue weighted by atomic mass is 10.2. The maximum Gasteiger partial charge on any atom is 0.237 e. The second-order valence-electron chi connectivity index (χ2n) is 6.45. The molecule has 0 bridgehead atoms. The van der Waals surface area contributed by atoms with Crippen LogP contribution >= 0.6 is 0 Å². The van der Waals surface area contributed by atoms with Gasteiger partial charge in [-0.2, -0.15) is 0 Å². The fraction of sp³-hybridized carbons (Fsp3) is 0.812. The Morgan fingerprint density at radius 2 is 1.91 bits per heavy atom. The summed E-state index contributed by atoms with van der Waals surface area (Å²) in [5, 5.41) is 11.1. The first-order valence-electron chi connectivity index (χ1n) is 8.49. The van der Waals surface area contributed by atoms with Crippen molar-refractivity contribution >= 4 is 5.91 Å². The number of aromatic nitrogens is 3. The van der Waals surface area contributed by atoms with Crippen LogP contribution in [0.1, 0.15) is 58.2 Å². The summed E-state index contributed by atoms with van der Waals surface area (Å²) in [5.41, 5.74) is 0. The third-order valence-electron chi connectivity index (χ3n) is 4.38. The van der Waals surface area contributed by atoms with E-state index in [9.17, 15) is 4.79 Å². The molecule has 1 atom stereocenters. The molecule has 0 aromatic carbocycles. The molecule has 1 N–H and O–H groups in total. The molecule has 1 fully saturated rings. The zero-order chi connectivity index (χ0) is 15.9. The van der Waals surface area contributed by atoms with Gasteiger partial charge in [0, 0.05) is 19.0 Å². The SMILES string of the molecule is CC(C)c1nncn1CCNC(=O)C(C)N1CCCCCC1. The van der Waals surface area contributed by atoms with Crippen molar-refractivity contribution in [1.82, 2.24) is 25.0 Å². The van der Waals surface area contributed by atoms with Gasteiger partial charge >= 0.3 is 0 Å². The van der Waals surface area contributed by atoms with Crippen LogP contribution in [-0.4, -0.2) is 51.2 Å². The molecule has 1 aliphatic rings. The molecular formula is C16H29N5O. The number of carbonyl (C=O) groups excluding carboxylic acids is 1. The highest BCUT2D eigenvalue weighted by atomic mass is 16.2. The van der Waals surface area contributed by atoms with Crippen LogP contribution in [0, 0.1) is 0 Å². The van der Waals surface area contributed by atoms with E-state index in [4.69, 9.17) is 0 Å². The average molecular weight is 307 g/mol. The summed E-state index contributed by atoms with van der Waals surface area (Å²) < 4.78 is 2.02. The molecule has 1 saturated heterocycles. The minimum absolute atomic E-state index is 0.0384. The lowest BCUT2D eigenvalue weighted by Gasteiger charge is -2.26. The van der Waals surface area contributed by atoms with Gasteiger partial charge in [-0.05, 0) is 32.9 Å². The fourth-order valence-electron chi connectivity index (χ4n) is 2.98. The zero-order valence-electron chi connectivity index (χ0n) is 14.1. The number of nitrogens with zero attached hydrogens (tertiary/aromatic N) is 4. The van der Waals surface area contributed by atoms with E-state index in [1.54, 1.807) is 6.33 Å². The molecule has 2 rings (SSSR count). The van der Waals surface area contributed by atoms with Gasteiger partial charge in [-0.25, -0.2) is 0 Å². The van der Waals surface area contributed by atoms with E-state index in [1.807, 2.05) is 11.5 Å². The highest BCUT2D eigenvalue weighted by molar-refractivity contribution is 5.81. The second-order valence-corrected chi connectivity index (χ2v) is 6.45. The maximum atomic E-state index is 12.3. The van der Waals surface area contributed by atoms with Gasteiger partial charge < -0.3 is 9.88 Å². The van der Waals surface area contributed by atoms with Gasteiger partial charge in [0.25, 0.3) is 0 Å². The van der Waals surface area contributed by atoms with Crippen molar-refractivity contribution in [3.8, 4) is 0 Å². The van der Waals surface area contributed by atoms with Crippen LogP contribution in [0.5, 0.6) is 0 Å². The molecule has 0 spiro atoms. The monoisotopic (exact) mass is 307 g/mol. The topological polar surface area (TPSA) is 63.1 Å². The molecule has 0 radical (unpaired) electrons. The lowest BCUT2D eigenvalue weighted by molar-refractivity contribution is -0.125. The van der Waals surface area contributed by atoms with Gasteiger partial charge in [0.15, 0.2) is 0 Å². The normalized spacial score (nSPS) is 18.2. The quantitative estimate of drug-likeness (QED) is 0.870. The summed E-state index contributed by atoms with van der Waals surface area (Å²) in [7, 11) is 0. The highest BCUT2D eigenvalue weighted by Gasteiger charge is 2.21. The van der Waals surface area contributed by atoms with Crippen LogP contribution in [0.15, 0.2) is 6.33 Å². The summed E-state index contributed by atoms with van der Waals surface area (Å²) in [4.78, 5) is 14.6. The van der Waals surface area contributed by atoms with Crippen molar-refractivity contribution in [3.05, 3.63) is 12.2 Å².